The molecule has 0 spiro atoms. The van der Waals surface area contributed by atoms with Gasteiger partial charge in [0.1, 0.15) is 0 Å². The van der Waals surface area contributed by atoms with Gasteiger partial charge in [-0.05, 0) is 38.4 Å². The van der Waals surface area contributed by atoms with Crippen LogP contribution < -0.4 is 0 Å². The summed E-state index contributed by atoms with van der Waals surface area (Å²) in [6.07, 6.45) is 4.65. The van der Waals surface area contributed by atoms with Crippen molar-refractivity contribution in [1.29, 1.82) is 0 Å². The Hall–Kier alpha value is -0.440. The minimum Gasteiger partial charge on any atom is -0.465 e. The lowest BCUT2D eigenvalue weighted by atomic mass is 10.1. The van der Waals surface area contributed by atoms with Crippen LogP contribution in [0.5, 0.6) is 0 Å². The highest BCUT2D eigenvalue weighted by Crippen LogP contribution is 2.14. The topological polar surface area (TPSA) is 93.1 Å². The molecular formula is C20H38O6S2. The Balaban J connectivity index is 3.64. The third-order valence-corrected chi connectivity index (χ3v) is 6.37. The van der Waals surface area contributed by atoms with Gasteiger partial charge in [0.15, 0.2) is 0 Å². The maximum atomic E-state index is 11.9. The van der Waals surface area contributed by atoms with E-state index in [1.54, 1.807) is 0 Å². The lowest BCUT2D eigenvalue weighted by molar-refractivity contribution is -0.149. The van der Waals surface area contributed by atoms with Gasteiger partial charge in [0, 0.05) is 17.3 Å². The zero-order chi connectivity index (χ0) is 21.4. The molecule has 0 fully saturated rings. The van der Waals surface area contributed by atoms with Crippen molar-refractivity contribution in [3.63, 3.8) is 0 Å². The molecule has 28 heavy (non-hydrogen) atoms. The van der Waals surface area contributed by atoms with Crippen LogP contribution in [0.2, 0.25) is 0 Å². The first-order valence-corrected chi connectivity index (χ1v) is 12.6. The summed E-state index contributed by atoms with van der Waals surface area (Å²) in [5, 5.41) is 19.5. The highest BCUT2D eigenvalue weighted by Gasteiger charge is 2.18. The number of hydrogen-bond donors (Lipinski definition) is 2. The third-order valence-electron chi connectivity index (χ3n) is 4.38. The predicted octanol–water partition coefficient (Wildman–Crippen LogP) is 3.13. The van der Waals surface area contributed by atoms with E-state index in [0.717, 1.165) is 32.1 Å². The van der Waals surface area contributed by atoms with E-state index < -0.39 is 12.2 Å². The van der Waals surface area contributed by atoms with Crippen LogP contribution in [0, 0.1) is 11.8 Å². The van der Waals surface area contributed by atoms with Gasteiger partial charge in [0.2, 0.25) is 0 Å². The standard InChI is InChI=1S/C20H38O6S2/c1-5-15(2)19(23)25-10-8-6-7-9-11-26-20(24)16(3)12-28-14-18(22)17(21)13-27-4/h15-18,21-22H,5-14H2,1-4H3. The number of aliphatic hydroxyl groups is 2. The fraction of sp³-hybridized carbons (Fsp3) is 0.900. The first-order valence-electron chi connectivity index (χ1n) is 10.1. The van der Waals surface area contributed by atoms with E-state index >= 15 is 0 Å². The number of unbranched alkanes of at least 4 members (excludes halogenated alkanes) is 3. The molecule has 0 saturated carbocycles. The van der Waals surface area contributed by atoms with Crippen molar-refractivity contribution < 1.29 is 29.3 Å². The summed E-state index contributed by atoms with van der Waals surface area (Å²) in [6, 6.07) is 0. The van der Waals surface area contributed by atoms with E-state index in [1.165, 1.54) is 23.5 Å². The normalized spacial score (nSPS) is 15.5. The van der Waals surface area contributed by atoms with Crippen molar-refractivity contribution in [1.82, 2.24) is 0 Å². The van der Waals surface area contributed by atoms with E-state index in [4.69, 9.17) is 9.47 Å². The van der Waals surface area contributed by atoms with Gasteiger partial charge in [0.05, 0.1) is 37.3 Å². The van der Waals surface area contributed by atoms with Crippen LogP contribution in [0.15, 0.2) is 0 Å². The van der Waals surface area contributed by atoms with Crippen molar-refractivity contribution in [3.05, 3.63) is 0 Å². The Morgan fingerprint density at radius 2 is 1.32 bits per heavy atom. The average Bonchev–Trinajstić information content (AvgIpc) is 2.68. The van der Waals surface area contributed by atoms with Crippen molar-refractivity contribution in [3.8, 4) is 0 Å². The van der Waals surface area contributed by atoms with Crippen LogP contribution in [0.25, 0.3) is 0 Å². The maximum absolute atomic E-state index is 11.9. The third kappa shape index (κ3) is 13.7. The Bertz CT molecular complexity index is 422. The Labute approximate surface area is 178 Å². The smallest absolute Gasteiger partial charge is 0.309 e. The lowest BCUT2D eigenvalue weighted by Gasteiger charge is -2.17. The Kier molecular flexibility index (Phi) is 17.1. The molecule has 0 aliphatic rings. The van der Waals surface area contributed by atoms with Gasteiger partial charge in [-0.3, -0.25) is 9.59 Å². The minimum atomic E-state index is -0.773. The largest absolute Gasteiger partial charge is 0.465 e. The van der Waals surface area contributed by atoms with Crippen molar-refractivity contribution in [2.45, 2.75) is 65.1 Å². The fourth-order valence-corrected chi connectivity index (χ4v) is 3.83. The van der Waals surface area contributed by atoms with Gasteiger partial charge in [0.25, 0.3) is 0 Å². The number of aliphatic hydroxyl groups excluding tert-OH is 2. The zero-order valence-corrected chi connectivity index (χ0v) is 19.4. The SMILES string of the molecule is CCC(C)C(=O)OCCCCCCOC(=O)C(C)CSCC(O)C(O)CSC. The summed E-state index contributed by atoms with van der Waals surface area (Å²) in [6.45, 7) is 6.50. The van der Waals surface area contributed by atoms with Gasteiger partial charge in [-0.2, -0.15) is 23.5 Å². The zero-order valence-electron chi connectivity index (χ0n) is 17.7. The minimum absolute atomic E-state index is 0.0387. The van der Waals surface area contributed by atoms with Crippen LogP contribution in [0.4, 0.5) is 0 Å². The number of carbonyl (C=O) groups excluding carboxylic acids is 2. The summed E-state index contributed by atoms with van der Waals surface area (Å²) in [4.78, 5) is 23.5. The van der Waals surface area contributed by atoms with E-state index in [-0.39, 0.29) is 23.8 Å². The van der Waals surface area contributed by atoms with Crippen LogP contribution >= 0.6 is 23.5 Å². The first kappa shape index (κ1) is 27.6. The summed E-state index contributed by atoms with van der Waals surface area (Å²) in [7, 11) is 0. The number of thioether (sulfide) groups is 2. The van der Waals surface area contributed by atoms with Crippen LogP contribution in [-0.2, 0) is 19.1 Å². The molecule has 0 aliphatic heterocycles. The Morgan fingerprint density at radius 1 is 0.821 bits per heavy atom. The quantitative estimate of drug-likeness (QED) is 0.264. The van der Waals surface area contributed by atoms with Crippen molar-refractivity contribution in [2.24, 2.45) is 11.8 Å². The van der Waals surface area contributed by atoms with Crippen LogP contribution in [-0.4, -0.2) is 71.1 Å². The fourth-order valence-electron chi connectivity index (χ4n) is 2.18. The molecule has 0 bridgehead atoms. The van der Waals surface area contributed by atoms with Gasteiger partial charge >= 0.3 is 11.9 Å². The number of ether oxygens (including phenoxy) is 2. The van der Waals surface area contributed by atoms with Gasteiger partial charge in [-0.1, -0.05) is 20.8 Å². The molecule has 0 amide bonds. The summed E-state index contributed by atoms with van der Waals surface area (Å²) >= 11 is 2.94. The molecule has 0 aliphatic carbocycles. The molecule has 0 heterocycles. The molecule has 0 saturated heterocycles. The van der Waals surface area contributed by atoms with Gasteiger partial charge in [-0.15, -0.1) is 0 Å². The molecule has 0 radical (unpaired) electrons. The Morgan fingerprint density at radius 3 is 1.82 bits per heavy atom. The second-order valence-corrected chi connectivity index (χ2v) is 9.07. The number of hydrogen-bond acceptors (Lipinski definition) is 8. The van der Waals surface area contributed by atoms with E-state index in [9.17, 15) is 19.8 Å². The monoisotopic (exact) mass is 438 g/mol. The second kappa shape index (κ2) is 17.4. The highest BCUT2D eigenvalue weighted by molar-refractivity contribution is 7.99. The second-order valence-electron chi connectivity index (χ2n) is 7.09. The van der Waals surface area contributed by atoms with E-state index in [2.05, 4.69) is 0 Å². The predicted molar refractivity (Wildman–Crippen MR) is 117 cm³/mol. The molecule has 166 valence electrons. The van der Waals surface area contributed by atoms with Crippen LogP contribution in [0.1, 0.15) is 52.9 Å². The van der Waals surface area contributed by atoms with Crippen molar-refractivity contribution in [2.75, 3.05) is 36.7 Å². The number of carbonyl (C=O) groups is 2. The maximum Gasteiger partial charge on any atom is 0.309 e. The molecule has 4 atom stereocenters. The van der Waals surface area contributed by atoms with Crippen molar-refractivity contribution >= 4 is 35.5 Å². The van der Waals surface area contributed by atoms with Gasteiger partial charge < -0.3 is 19.7 Å². The lowest BCUT2D eigenvalue weighted by Crippen LogP contribution is -2.30. The molecule has 0 aromatic carbocycles. The molecule has 0 rings (SSSR count). The molecule has 4 unspecified atom stereocenters. The molecule has 2 N–H and O–H groups in total. The first-order chi connectivity index (χ1) is 13.3. The molecule has 8 heteroatoms. The number of esters is 2. The van der Waals surface area contributed by atoms with E-state index in [0.29, 0.717) is 30.5 Å². The summed E-state index contributed by atoms with van der Waals surface area (Å²) in [5.41, 5.74) is 0. The summed E-state index contributed by atoms with van der Waals surface area (Å²) < 4.78 is 10.5. The van der Waals surface area contributed by atoms with Crippen LogP contribution in [0.3, 0.4) is 0 Å². The number of rotatable bonds is 17. The molecule has 0 aromatic heterocycles. The molecule has 6 nitrogen and oxygen atoms in total. The molecule has 0 aromatic rings. The summed E-state index contributed by atoms with van der Waals surface area (Å²) in [5.74, 6) is 0.825. The molecular weight excluding hydrogens is 400 g/mol. The van der Waals surface area contributed by atoms with Gasteiger partial charge in [-0.25, -0.2) is 0 Å². The highest BCUT2D eigenvalue weighted by atomic mass is 32.2. The average molecular weight is 439 g/mol. The van der Waals surface area contributed by atoms with E-state index in [1.807, 2.05) is 27.0 Å².